The number of amides is 1. The van der Waals surface area contributed by atoms with Crippen LogP contribution < -0.4 is 5.32 Å². The molecular formula is C27H24F3N3O2. The van der Waals surface area contributed by atoms with Crippen molar-refractivity contribution in [3.05, 3.63) is 89.4 Å². The van der Waals surface area contributed by atoms with Crippen molar-refractivity contribution in [2.24, 2.45) is 0 Å². The zero-order valence-electron chi connectivity index (χ0n) is 19.3. The minimum absolute atomic E-state index is 0.303. The summed E-state index contributed by atoms with van der Waals surface area (Å²) in [6, 6.07) is 10.3. The summed E-state index contributed by atoms with van der Waals surface area (Å²) in [5.41, 5.74) is 3.09. The van der Waals surface area contributed by atoms with Gasteiger partial charge in [0.1, 0.15) is 0 Å². The second-order valence-corrected chi connectivity index (χ2v) is 8.23. The Morgan fingerprint density at radius 3 is 2.83 bits per heavy atom. The molecule has 1 N–H and O–H groups in total. The van der Waals surface area contributed by atoms with E-state index < -0.39 is 23.7 Å². The zero-order valence-corrected chi connectivity index (χ0v) is 19.3. The number of rotatable bonds is 6. The highest BCUT2D eigenvalue weighted by molar-refractivity contribution is 5.96. The van der Waals surface area contributed by atoms with Gasteiger partial charge in [0, 0.05) is 24.3 Å². The zero-order chi connectivity index (χ0) is 25.0. The van der Waals surface area contributed by atoms with Crippen molar-refractivity contribution in [3.63, 3.8) is 0 Å². The van der Waals surface area contributed by atoms with E-state index in [2.05, 4.69) is 15.3 Å². The molecule has 0 aliphatic heterocycles. The summed E-state index contributed by atoms with van der Waals surface area (Å²) >= 11 is 0. The van der Waals surface area contributed by atoms with Gasteiger partial charge in [0.2, 0.25) is 0 Å². The molecule has 1 aromatic heterocycles. The van der Waals surface area contributed by atoms with E-state index in [0.29, 0.717) is 24.4 Å². The summed E-state index contributed by atoms with van der Waals surface area (Å²) in [7, 11) is 1.61. The third-order valence-corrected chi connectivity index (χ3v) is 5.65. The monoisotopic (exact) mass is 479 g/mol. The van der Waals surface area contributed by atoms with Gasteiger partial charge in [-0.2, -0.15) is 13.2 Å². The molecule has 0 fully saturated rings. The number of benzene rings is 2. The van der Waals surface area contributed by atoms with E-state index in [1.807, 2.05) is 37.3 Å². The summed E-state index contributed by atoms with van der Waals surface area (Å²) < 4.78 is 44.0. The maximum Gasteiger partial charge on any atom is 0.416 e. The van der Waals surface area contributed by atoms with Gasteiger partial charge < -0.3 is 10.1 Å². The minimum Gasteiger partial charge on any atom is -0.381 e. The quantitative estimate of drug-likeness (QED) is 0.485. The summed E-state index contributed by atoms with van der Waals surface area (Å²) in [5.74, 6) is 0.151. The standard InChI is InChI=1S/C27H24F3N3O2/c1-17-8-9-19(26(34)32-22-6-3-5-21(15-22)27(28,29)30)14-23(17)18-10-11-24-20(13-18)16-31-25(33-24)7-4-12-35-2/h3-5,7-11,13-16,22H,6,12H2,1-2H3,(H,32,34)/b7-4+. The van der Waals surface area contributed by atoms with Crippen LogP contribution in [0.15, 0.2) is 72.5 Å². The lowest BCUT2D eigenvalue weighted by molar-refractivity contribution is -0.0887. The molecule has 0 bridgehead atoms. The summed E-state index contributed by atoms with van der Waals surface area (Å²) in [4.78, 5) is 21.7. The van der Waals surface area contributed by atoms with Crippen LogP contribution in [0.4, 0.5) is 13.2 Å². The molecule has 8 heteroatoms. The lowest BCUT2D eigenvalue weighted by atomic mass is 9.96. The average molecular weight is 480 g/mol. The Balaban J connectivity index is 1.57. The Kier molecular flexibility index (Phi) is 7.12. The summed E-state index contributed by atoms with van der Waals surface area (Å²) in [6.07, 6.45) is 4.73. The van der Waals surface area contributed by atoms with Crippen molar-refractivity contribution in [3.8, 4) is 11.1 Å². The molecule has 0 saturated carbocycles. The number of nitrogens with zero attached hydrogens (tertiary/aromatic N) is 2. The molecule has 4 rings (SSSR count). The Hall–Kier alpha value is -3.78. The predicted molar refractivity (Wildman–Crippen MR) is 130 cm³/mol. The number of halogens is 3. The molecule has 1 unspecified atom stereocenters. The van der Waals surface area contributed by atoms with Gasteiger partial charge in [-0.05, 0) is 66.5 Å². The molecule has 5 nitrogen and oxygen atoms in total. The molecule has 0 radical (unpaired) electrons. The van der Waals surface area contributed by atoms with E-state index in [9.17, 15) is 18.0 Å². The summed E-state index contributed by atoms with van der Waals surface area (Å²) in [6.45, 7) is 2.41. The number of hydrogen-bond donors (Lipinski definition) is 1. The molecule has 3 aromatic rings. The van der Waals surface area contributed by atoms with E-state index in [1.54, 1.807) is 31.5 Å². The van der Waals surface area contributed by atoms with Gasteiger partial charge in [-0.1, -0.05) is 30.4 Å². The highest BCUT2D eigenvalue weighted by Gasteiger charge is 2.33. The van der Waals surface area contributed by atoms with Crippen molar-refractivity contribution in [2.75, 3.05) is 13.7 Å². The molecule has 0 spiro atoms. The van der Waals surface area contributed by atoms with E-state index in [1.165, 1.54) is 6.08 Å². The number of carbonyl (C=O) groups excluding carboxylic acids is 1. The van der Waals surface area contributed by atoms with Crippen LogP contribution in [-0.2, 0) is 4.74 Å². The number of carbonyl (C=O) groups is 1. The molecule has 180 valence electrons. The first-order valence-electron chi connectivity index (χ1n) is 11.0. The van der Waals surface area contributed by atoms with E-state index in [0.717, 1.165) is 39.7 Å². The number of aryl methyl sites for hydroxylation is 1. The van der Waals surface area contributed by atoms with Crippen LogP contribution in [0.1, 0.15) is 28.2 Å². The molecule has 1 aliphatic rings. The number of aromatic nitrogens is 2. The molecule has 2 aromatic carbocycles. The number of fused-ring (bicyclic) bond motifs is 1. The Morgan fingerprint density at radius 2 is 2.06 bits per heavy atom. The molecule has 1 heterocycles. The molecular weight excluding hydrogens is 455 g/mol. The third kappa shape index (κ3) is 5.84. The number of hydrogen-bond acceptors (Lipinski definition) is 4. The molecule has 1 amide bonds. The van der Waals surface area contributed by atoms with E-state index in [-0.39, 0.29) is 0 Å². The van der Waals surface area contributed by atoms with Gasteiger partial charge in [-0.3, -0.25) is 4.79 Å². The van der Waals surface area contributed by atoms with E-state index in [4.69, 9.17) is 4.74 Å². The third-order valence-electron chi connectivity index (χ3n) is 5.65. The maximum atomic E-state index is 13.0. The number of alkyl halides is 3. The topological polar surface area (TPSA) is 64.1 Å². The molecule has 1 atom stereocenters. The summed E-state index contributed by atoms with van der Waals surface area (Å²) in [5, 5.41) is 3.54. The van der Waals surface area contributed by atoms with Crippen LogP contribution in [0.3, 0.4) is 0 Å². The predicted octanol–water partition coefficient (Wildman–Crippen LogP) is 5.81. The number of methoxy groups -OCH3 is 1. The fourth-order valence-electron chi connectivity index (χ4n) is 3.84. The van der Waals surface area contributed by atoms with Crippen molar-refractivity contribution in [1.29, 1.82) is 0 Å². The Labute approximate surface area is 201 Å². The Bertz CT molecular complexity index is 1340. The van der Waals surface area contributed by atoms with E-state index >= 15 is 0 Å². The average Bonchev–Trinajstić information content (AvgIpc) is 2.84. The van der Waals surface area contributed by atoms with Crippen molar-refractivity contribution in [2.45, 2.75) is 25.6 Å². The van der Waals surface area contributed by atoms with Crippen molar-refractivity contribution < 1.29 is 22.7 Å². The van der Waals surface area contributed by atoms with Crippen LogP contribution in [-0.4, -0.2) is 41.8 Å². The van der Waals surface area contributed by atoms with Crippen molar-refractivity contribution >= 4 is 22.9 Å². The molecule has 1 aliphatic carbocycles. The fraction of sp³-hybridized carbons (Fsp3) is 0.222. The normalized spacial score (nSPS) is 16.0. The largest absolute Gasteiger partial charge is 0.416 e. The Morgan fingerprint density at radius 1 is 1.23 bits per heavy atom. The second kappa shape index (κ2) is 10.2. The number of nitrogens with one attached hydrogen (secondary N) is 1. The van der Waals surface area contributed by atoms with Gasteiger partial charge in [-0.25, -0.2) is 9.97 Å². The lowest BCUT2D eigenvalue weighted by Crippen LogP contribution is -2.35. The van der Waals surface area contributed by atoms with Gasteiger partial charge in [-0.15, -0.1) is 0 Å². The van der Waals surface area contributed by atoms with Crippen LogP contribution in [0, 0.1) is 6.92 Å². The first kappa shape index (κ1) is 24.3. The smallest absolute Gasteiger partial charge is 0.381 e. The van der Waals surface area contributed by atoms with Gasteiger partial charge >= 0.3 is 6.18 Å². The van der Waals surface area contributed by atoms with Gasteiger partial charge in [0.15, 0.2) is 5.82 Å². The van der Waals surface area contributed by atoms with Gasteiger partial charge in [0.05, 0.1) is 23.7 Å². The maximum absolute atomic E-state index is 13.0. The fourth-order valence-corrected chi connectivity index (χ4v) is 3.84. The van der Waals surface area contributed by atoms with Crippen LogP contribution >= 0.6 is 0 Å². The highest BCUT2D eigenvalue weighted by Crippen LogP contribution is 2.30. The van der Waals surface area contributed by atoms with Crippen LogP contribution in [0.25, 0.3) is 28.1 Å². The van der Waals surface area contributed by atoms with Gasteiger partial charge in [0.25, 0.3) is 5.91 Å². The first-order chi connectivity index (χ1) is 16.7. The lowest BCUT2D eigenvalue weighted by Gasteiger charge is -2.20. The SMILES string of the molecule is COC/C=C/c1ncc2cc(-c3cc(C(=O)NC4C=C(C(F)(F)F)C=CC4)ccc3C)ccc2n1. The van der Waals surface area contributed by atoms with Crippen molar-refractivity contribution in [1.82, 2.24) is 15.3 Å². The first-order valence-corrected chi connectivity index (χ1v) is 11.0. The number of allylic oxidation sites excluding steroid dienone is 2. The molecule has 0 saturated heterocycles. The molecule has 35 heavy (non-hydrogen) atoms. The number of ether oxygens (including phenoxy) is 1. The van der Waals surface area contributed by atoms with Crippen LogP contribution in [0.5, 0.6) is 0 Å². The van der Waals surface area contributed by atoms with Crippen LogP contribution in [0.2, 0.25) is 0 Å². The highest BCUT2D eigenvalue weighted by atomic mass is 19.4. The minimum atomic E-state index is -4.45. The second-order valence-electron chi connectivity index (χ2n) is 8.23.